The molecule has 0 unspecified atom stereocenters. The van der Waals surface area contributed by atoms with Crippen molar-refractivity contribution in [2.45, 2.75) is 0 Å². The van der Waals surface area contributed by atoms with Gasteiger partial charge >= 0.3 is 5.97 Å². The van der Waals surface area contributed by atoms with Gasteiger partial charge in [0.2, 0.25) is 0 Å². The molecule has 0 amide bonds. The van der Waals surface area contributed by atoms with Crippen molar-refractivity contribution >= 4 is 12.0 Å². The molecular weight excluding hydrogens is 254 g/mol. The minimum Gasteiger partial charge on any atom is -0.478 e. The fourth-order valence-corrected chi connectivity index (χ4v) is 1.61. The molecule has 0 aromatic heterocycles. The second kappa shape index (κ2) is 6.21. The molecule has 2 aromatic rings. The molecule has 0 aliphatic heterocycles. The lowest BCUT2D eigenvalue weighted by Crippen LogP contribution is -1.87. The van der Waals surface area contributed by atoms with Crippen LogP contribution in [0.5, 0.6) is 11.5 Å². The molecule has 0 saturated heterocycles. The first-order valence-corrected chi connectivity index (χ1v) is 5.86. The third-order valence-corrected chi connectivity index (χ3v) is 2.48. The van der Waals surface area contributed by atoms with Gasteiger partial charge in [0.15, 0.2) is 0 Å². The average Bonchev–Trinajstić information content (AvgIpc) is 2.46. The van der Waals surface area contributed by atoms with E-state index in [4.69, 9.17) is 15.1 Å². The summed E-state index contributed by atoms with van der Waals surface area (Å²) in [7, 11) is 0. The Hall–Kier alpha value is -3.06. The first kappa shape index (κ1) is 13.4. The van der Waals surface area contributed by atoms with Crippen LogP contribution in [0.4, 0.5) is 0 Å². The Morgan fingerprint density at radius 3 is 2.55 bits per heavy atom. The second-order valence-corrected chi connectivity index (χ2v) is 3.99. The third kappa shape index (κ3) is 3.72. The molecule has 98 valence electrons. The van der Waals surface area contributed by atoms with E-state index in [1.165, 1.54) is 6.08 Å². The van der Waals surface area contributed by atoms with Gasteiger partial charge in [-0.25, -0.2) is 4.79 Å². The predicted molar refractivity (Wildman–Crippen MR) is 74.3 cm³/mol. The molecule has 0 spiro atoms. The van der Waals surface area contributed by atoms with Crippen molar-refractivity contribution in [3.63, 3.8) is 0 Å². The van der Waals surface area contributed by atoms with Crippen LogP contribution in [0.3, 0.4) is 0 Å². The SMILES string of the molecule is N#Cc1cccc(Oc2cccc(C=CC(=O)O)c2)c1. The molecule has 4 nitrogen and oxygen atoms in total. The molecule has 0 aliphatic carbocycles. The number of benzene rings is 2. The Morgan fingerprint density at radius 2 is 1.85 bits per heavy atom. The summed E-state index contributed by atoms with van der Waals surface area (Å²) in [6, 6.07) is 15.9. The second-order valence-electron chi connectivity index (χ2n) is 3.99. The van der Waals surface area contributed by atoms with Gasteiger partial charge in [-0.15, -0.1) is 0 Å². The van der Waals surface area contributed by atoms with Crippen LogP contribution in [0, 0.1) is 11.3 Å². The maximum atomic E-state index is 10.5. The van der Waals surface area contributed by atoms with Crippen molar-refractivity contribution in [3.8, 4) is 17.6 Å². The van der Waals surface area contributed by atoms with Gasteiger partial charge in [0.25, 0.3) is 0 Å². The summed E-state index contributed by atoms with van der Waals surface area (Å²) in [4.78, 5) is 10.5. The van der Waals surface area contributed by atoms with Crippen molar-refractivity contribution in [1.82, 2.24) is 0 Å². The van der Waals surface area contributed by atoms with Gasteiger partial charge in [0.1, 0.15) is 11.5 Å². The Bertz CT molecular complexity index is 699. The molecule has 0 aliphatic rings. The van der Waals surface area contributed by atoms with Crippen molar-refractivity contribution in [2.75, 3.05) is 0 Å². The van der Waals surface area contributed by atoms with Gasteiger partial charge in [-0.3, -0.25) is 0 Å². The molecule has 0 bridgehead atoms. The maximum absolute atomic E-state index is 10.5. The summed E-state index contributed by atoms with van der Waals surface area (Å²) >= 11 is 0. The topological polar surface area (TPSA) is 70.3 Å². The summed E-state index contributed by atoms with van der Waals surface area (Å²) in [5.41, 5.74) is 1.24. The van der Waals surface area contributed by atoms with Gasteiger partial charge in [0.05, 0.1) is 11.6 Å². The molecule has 20 heavy (non-hydrogen) atoms. The third-order valence-electron chi connectivity index (χ3n) is 2.48. The molecule has 4 heteroatoms. The number of hydrogen-bond donors (Lipinski definition) is 1. The normalized spacial score (nSPS) is 10.2. The Kier molecular flexibility index (Phi) is 4.15. The highest BCUT2D eigenvalue weighted by Gasteiger charge is 1.99. The Balaban J connectivity index is 2.19. The van der Waals surface area contributed by atoms with E-state index >= 15 is 0 Å². The van der Waals surface area contributed by atoms with E-state index in [-0.39, 0.29) is 0 Å². The van der Waals surface area contributed by atoms with Crippen LogP contribution < -0.4 is 4.74 Å². The van der Waals surface area contributed by atoms with Crippen molar-refractivity contribution < 1.29 is 14.6 Å². The van der Waals surface area contributed by atoms with Gasteiger partial charge < -0.3 is 9.84 Å². The zero-order valence-corrected chi connectivity index (χ0v) is 10.5. The molecule has 0 saturated carbocycles. The first-order chi connectivity index (χ1) is 9.67. The first-order valence-electron chi connectivity index (χ1n) is 5.86. The minimum absolute atomic E-state index is 0.518. The number of rotatable bonds is 4. The van der Waals surface area contributed by atoms with E-state index in [1.54, 1.807) is 48.5 Å². The van der Waals surface area contributed by atoms with Crippen molar-refractivity contribution in [2.24, 2.45) is 0 Å². The molecule has 0 heterocycles. The lowest BCUT2D eigenvalue weighted by molar-refractivity contribution is -0.131. The Labute approximate surface area is 116 Å². The van der Waals surface area contributed by atoms with Crippen LogP contribution in [-0.2, 0) is 4.79 Å². The van der Waals surface area contributed by atoms with E-state index in [0.717, 1.165) is 11.6 Å². The fourth-order valence-electron chi connectivity index (χ4n) is 1.61. The number of aliphatic carboxylic acids is 1. The molecule has 2 rings (SSSR count). The monoisotopic (exact) mass is 265 g/mol. The molecule has 0 fully saturated rings. The molecular formula is C16H11NO3. The zero-order valence-electron chi connectivity index (χ0n) is 10.5. The van der Waals surface area contributed by atoms with Gasteiger partial charge in [0, 0.05) is 6.08 Å². The van der Waals surface area contributed by atoms with Crippen molar-refractivity contribution in [1.29, 1.82) is 5.26 Å². The van der Waals surface area contributed by atoms with E-state index in [1.807, 2.05) is 6.07 Å². The highest BCUT2D eigenvalue weighted by molar-refractivity contribution is 5.85. The predicted octanol–water partition coefficient (Wildman–Crippen LogP) is 3.45. The zero-order chi connectivity index (χ0) is 14.4. The van der Waals surface area contributed by atoms with Gasteiger partial charge in [-0.05, 0) is 42.0 Å². The van der Waals surface area contributed by atoms with Crippen LogP contribution in [0.15, 0.2) is 54.6 Å². The number of carboxylic acid groups (broad SMARTS) is 1. The van der Waals surface area contributed by atoms with E-state index in [2.05, 4.69) is 0 Å². The summed E-state index contributed by atoms with van der Waals surface area (Å²) in [5, 5.41) is 17.4. The van der Waals surface area contributed by atoms with E-state index < -0.39 is 5.97 Å². The quantitative estimate of drug-likeness (QED) is 0.859. The highest BCUT2D eigenvalue weighted by atomic mass is 16.5. The van der Waals surface area contributed by atoms with Crippen LogP contribution in [0.1, 0.15) is 11.1 Å². The lowest BCUT2D eigenvalue weighted by Gasteiger charge is -2.06. The van der Waals surface area contributed by atoms with Gasteiger partial charge in [-0.2, -0.15) is 5.26 Å². The summed E-state index contributed by atoms with van der Waals surface area (Å²) < 4.78 is 5.64. The van der Waals surface area contributed by atoms with Gasteiger partial charge in [-0.1, -0.05) is 18.2 Å². The van der Waals surface area contributed by atoms with Crippen LogP contribution in [0.25, 0.3) is 6.08 Å². The van der Waals surface area contributed by atoms with Crippen LogP contribution in [0.2, 0.25) is 0 Å². The molecule has 0 atom stereocenters. The van der Waals surface area contributed by atoms with E-state index in [0.29, 0.717) is 17.1 Å². The standard InChI is InChI=1S/C16H11NO3/c17-11-13-4-2-6-15(10-13)20-14-5-1-3-12(9-14)7-8-16(18)19/h1-10H,(H,18,19). The molecule has 2 aromatic carbocycles. The number of carbonyl (C=O) groups is 1. The highest BCUT2D eigenvalue weighted by Crippen LogP contribution is 2.23. The number of nitriles is 1. The number of hydrogen-bond acceptors (Lipinski definition) is 3. The smallest absolute Gasteiger partial charge is 0.328 e. The number of carboxylic acids is 1. The Morgan fingerprint density at radius 1 is 1.15 bits per heavy atom. The summed E-state index contributed by atoms with van der Waals surface area (Å²) in [5.74, 6) is 0.133. The molecule has 0 radical (unpaired) electrons. The summed E-state index contributed by atoms with van der Waals surface area (Å²) in [6.45, 7) is 0. The maximum Gasteiger partial charge on any atom is 0.328 e. The minimum atomic E-state index is -1.00. The van der Waals surface area contributed by atoms with E-state index in [9.17, 15) is 4.79 Å². The van der Waals surface area contributed by atoms with Crippen LogP contribution >= 0.6 is 0 Å². The van der Waals surface area contributed by atoms with Crippen molar-refractivity contribution in [3.05, 3.63) is 65.7 Å². The number of nitrogens with zero attached hydrogens (tertiary/aromatic N) is 1. The number of ether oxygens (including phenoxy) is 1. The average molecular weight is 265 g/mol. The van der Waals surface area contributed by atoms with Crippen LogP contribution in [-0.4, -0.2) is 11.1 Å². The lowest BCUT2D eigenvalue weighted by atomic mass is 10.2. The largest absolute Gasteiger partial charge is 0.478 e. The fraction of sp³-hybridized carbons (Fsp3) is 0. The summed E-state index contributed by atoms with van der Waals surface area (Å²) in [6.07, 6.45) is 2.55. The molecule has 1 N–H and O–H groups in total.